The summed E-state index contributed by atoms with van der Waals surface area (Å²) in [4.78, 5) is 24.7. The minimum Gasteiger partial charge on any atom is -0.439 e. The lowest BCUT2D eigenvalue weighted by Crippen LogP contribution is -2.26. The zero-order valence-electron chi connectivity index (χ0n) is 15.0. The van der Waals surface area contributed by atoms with E-state index in [9.17, 15) is 9.59 Å². The standard InChI is InChI=1S/C18H13N5O3S3/c1-28-17-20-23(18(27)29-17)12-8-6-11(7-9-12)16(25)26-10-22-15(24)13-4-2-3-5-14(13)19-21-22/h2-9H,10H2,1H3. The molecule has 0 radical (unpaired) electrons. The summed E-state index contributed by atoms with van der Waals surface area (Å²) < 4.78 is 9.35. The van der Waals surface area contributed by atoms with Crippen LogP contribution in [-0.2, 0) is 11.5 Å². The zero-order chi connectivity index (χ0) is 20.4. The number of ether oxygens (including phenoxy) is 1. The molecule has 0 aliphatic rings. The molecule has 0 N–H and O–H groups in total. The molecular formula is C18H13N5O3S3. The van der Waals surface area contributed by atoms with Crippen molar-refractivity contribution in [2.24, 2.45) is 0 Å². The van der Waals surface area contributed by atoms with Crippen LogP contribution in [0.4, 0.5) is 0 Å². The largest absolute Gasteiger partial charge is 0.439 e. The van der Waals surface area contributed by atoms with Crippen molar-refractivity contribution >= 4 is 52.2 Å². The number of aromatic nitrogens is 5. The van der Waals surface area contributed by atoms with Crippen LogP contribution in [0.1, 0.15) is 10.4 Å². The molecule has 0 saturated heterocycles. The molecule has 29 heavy (non-hydrogen) atoms. The van der Waals surface area contributed by atoms with Crippen LogP contribution in [0.15, 0.2) is 57.7 Å². The van der Waals surface area contributed by atoms with E-state index >= 15 is 0 Å². The Bertz CT molecular complexity index is 1310. The van der Waals surface area contributed by atoms with E-state index < -0.39 is 5.97 Å². The van der Waals surface area contributed by atoms with E-state index in [1.807, 2.05) is 6.26 Å². The summed E-state index contributed by atoms with van der Waals surface area (Å²) in [5.41, 5.74) is 1.20. The Morgan fingerprint density at radius 1 is 1.21 bits per heavy atom. The van der Waals surface area contributed by atoms with Gasteiger partial charge in [0.1, 0.15) is 5.52 Å². The predicted octanol–water partition coefficient (Wildman–Crippen LogP) is 3.30. The molecule has 0 atom stereocenters. The van der Waals surface area contributed by atoms with Crippen LogP contribution in [0.25, 0.3) is 16.6 Å². The van der Waals surface area contributed by atoms with Gasteiger partial charge in [-0.2, -0.15) is 4.68 Å². The van der Waals surface area contributed by atoms with Gasteiger partial charge in [-0.3, -0.25) is 4.79 Å². The summed E-state index contributed by atoms with van der Waals surface area (Å²) in [7, 11) is 0. The maximum atomic E-state index is 12.4. The summed E-state index contributed by atoms with van der Waals surface area (Å²) in [6.45, 7) is -0.328. The van der Waals surface area contributed by atoms with Gasteiger partial charge in [0, 0.05) is 0 Å². The first-order valence-corrected chi connectivity index (χ1v) is 10.8. The van der Waals surface area contributed by atoms with Crippen molar-refractivity contribution in [3.8, 4) is 5.69 Å². The molecular weight excluding hydrogens is 430 g/mol. The molecule has 0 bridgehead atoms. The third kappa shape index (κ3) is 3.97. The van der Waals surface area contributed by atoms with E-state index in [1.165, 1.54) is 23.1 Å². The number of carbonyl (C=O) groups is 1. The first kappa shape index (κ1) is 19.4. The molecule has 8 nitrogen and oxygen atoms in total. The monoisotopic (exact) mass is 443 g/mol. The number of thioether (sulfide) groups is 1. The van der Waals surface area contributed by atoms with Crippen LogP contribution in [0.2, 0.25) is 0 Å². The molecule has 0 amide bonds. The van der Waals surface area contributed by atoms with Gasteiger partial charge < -0.3 is 4.74 Å². The van der Waals surface area contributed by atoms with Gasteiger partial charge in [0.15, 0.2) is 15.0 Å². The average molecular weight is 444 g/mol. The Balaban J connectivity index is 1.49. The lowest BCUT2D eigenvalue weighted by Gasteiger charge is -2.07. The highest BCUT2D eigenvalue weighted by Crippen LogP contribution is 2.22. The maximum absolute atomic E-state index is 12.4. The van der Waals surface area contributed by atoms with Crippen LogP contribution in [0.5, 0.6) is 0 Å². The lowest BCUT2D eigenvalue weighted by molar-refractivity contribution is 0.0336. The molecule has 0 saturated carbocycles. The molecule has 0 aliphatic carbocycles. The Hall–Kier alpha value is -2.89. The highest BCUT2D eigenvalue weighted by molar-refractivity contribution is 8.00. The fourth-order valence-electron chi connectivity index (χ4n) is 2.56. The molecule has 0 aliphatic heterocycles. The molecule has 0 fully saturated rings. The minimum absolute atomic E-state index is 0.328. The Labute approximate surface area is 177 Å². The number of benzene rings is 2. The molecule has 146 valence electrons. The molecule has 2 heterocycles. The van der Waals surface area contributed by atoms with Crippen molar-refractivity contribution in [1.29, 1.82) is 0 Å². The molecule has 11 heteroatoms. The second-order valence-corrected chi connectivity index (χ2v) is 8.44. The van der Waals surface area contributed by atoms with Gasteiger partial charge in [-0.05, 0) is 54.9 Å². The number of carbonyl (C=O) groups excluding carboxylic acids is 1. The van der Waals surface area contributed by atoms with Crippen LogP contribution >= 0.6 is 35.3 Å². The van der Waals surface area contributed by atoms with Crippen molar-refractivity contribution in [1.82, 2.24) is 24.8 Å². The second kappa shape index (κ2) is 8.23. The number of fused-ring (bicyclic) bond motifs is 1. The van der Waals surface area contributed by atoms with Crippen LogP contribution < -0.4 is 5.56 Å². The second-order valence-electron chi connectivity index (χ2n) is 5.77. The molecule has 0 spiro atoms. The van der Waals surface area contributed by atoms with Gasteiger partial charge in [0.05, 0.1) is 16.6 Å². The van der Waals surface area contributed by atoms with E-state index in [-0.39, 0.29) is 12.3 Å². The van der Waals surface area contributed by atoms with Gasteiger partial charge in [0.25, 0.3) is 5.56 Å². The number of esters is 1. The van der Waals surface area contributed by atoms with E-state index in [2.05, 4.69) is 15.4 Å². The molecule has 0 unspecified atom stereocenters. The first-order valence-electron chi connectivity index (χ1n) is 8.31. The van der Waals surface area contributed by atoms with Crippen molar-refractivity contribution < 1.29 is 9.53 Å². The fraction of sp³-hybridized carbons (Fsp3) is 0.111. The van der Waals surface area contributed by atoms with Crippen LogP contribution in [-0.4, -0.2) is 37.0 Å². The Morgan fingerprint density at radius 3 is 2.69 bits per heavy atom. The van der Waals surface area contributed by atoms with Crippen LogP contribution in [0.3, 0.4) is 0 Å². The molecule has 2 aromatic carbocycles. The van der Waals surface area contributed by atoms with Gasteiger partial charge in [-0.15, -0.1) is 10.2 Å². The van der Waals surface area contributed by atoms with Gasteiger partial charge in [0.2, 0.25) is 0 Å². The highest BCUT2D eigenvalue weighted by Gasteiger charge is 2.11. The number of hydrogen-bond donors (Lipinski definition) is 0. The summed E-state index contributed by atoms with van der Waals surface area (Å²) in [5, 5.41) is 12.6. The smallest absolute Gasteiger partial charge is 0.339 e. The van der Waals surface area contributed by atoms with Gasteiger partial charge >= 0.3 is 5.97 Å². The quantitative estimate of drug-likeness (QED) is 0.264. The van der Waals surface area contributed by atoms with E-state index in [0.29, 0.717) is 20.4 Å². The van der Waals surface area contributed by atoms with Gasteiger partial charge in [-0.1, -0.05) is 40.4 Å². The number of nitrogens with zero attached hydrogens (tertiary/aromatic N) is 5. The van der Waals surface area contributed by atoms with Crippen LogP contribution in [0, 0.1) is 3.95 Å². The SMILES string of the molecule is CSc1nn(-c2ccc(C(=O)OCn3nnc4ccccc4c3=O)cc2)c(=S)s1. The van der Waals surface area contributed by atoms with Crippen molar-refractivity contribution in [2.75, 3.05) is 6.26 Å². The first-order chi connectivity index (χ1) is 14.1. The highest BCUT2D eigenvalue weighted by atomic mass is 32.2. The Kier molecular flexibility index (Phi) is 5.51. The van der Waals surface area contributed by atoms with E-state index in [4.69, 9.17) is 17.0 Å². The zero-order valence-corrected chi connectivity index (χ0v) is 17.5. The third-order valence-corrected chi connectivity index (χ3v) is 6.21. The summed E-state index contributed by atoms with van der Waals surface area (Å²) in [6, 6.07) is 13.5. The minimum atomic E-state index is -0.579. The number of rotatable bonds is 5. The average Bonchev–Trinajstić information content (AvgIpc) is 3.14. The summed E-state index contributed by atoms with van der Waals surface area (Å²) in [6.07, 6.45) is 1.93. The number of hydrogen-bond acceptors (Lipinski definition) is 9. The molecule has 2 aromatic heterocycles. The third-order valence-electron chi connectivity index (χ3n) is 4.00. The molecule has 4 aromatic rings. The Morgan fingerprint density at radius 2 is 1.97 bits per heavy atom. The van der Waals surface area contributed by atoms with Crippen molar-refractivity contribution in [3.05, 3.63) is 68.4 Å². The normalized spacial score (nSPS) is 10.9. The van der Waals surface area contributed by atoms with E-state index in [0.717, 1.165) is 14.7 Å². The topological polar surface area (TPSA) is 91.9 Å². The predicted molar refractivity (Wildman–Crippen MR) is 113 cm³/mol. The van der Waals surface area contributed by atoms with Crippen molar-refractivity contribution in [3.63, 3.8) is 0 Å². The van der Waals surface area contributed by atoms with E-state index in [1.54, 1.807) is 53.2 Å². The van der Waals surface area contributed by atoms with Crippen molar-refractivity contribution in [2.45, 2.75) is 11.1 Å². The van der Waals surface area contributed by atoms with Gasteiger partial charge in [-0.25, -0.2) is 9.48 Å². The summed E-state index contributed by atoms with van der Waals surface area (Å²) in [5.74, 6) is -0.579. The maximum Gasteiger partial charge on any atom is 0.339 e. The molecule has 4 rings (SSSR count). The summed E-state index contributed by atoms with van der Waals surface area (Å²) >= 11 is 8.26. The lowest BCUT2D eigenvalue weighted by atomic mass is 10.2. The fourth-order valence-corrected chi connectivity index (χ4v) is 4.34.